The molecule has 1 aromatic heterocycles. The van der Waals surface area contributed by atoms with Crippen molar-refractivity contribution >= 4 is 23.6 Å². The van der Waals surface area contributed by atoms with E-state index in [-0.39, 0.29) is 17.9 Å². The van der Waals surface area contributed by atoms with Crippen molar-refractivity contribution in [3.63, 3.8) is 0 Å². The van der Waals surface area contributed by atoms with Crippen molar-refractivity contribution in [3.05, 3.63) is 47.9 Å². The van der Waals surface area contributed by atoms with Crippen molar-refractivity contribution in [2.75, 3.05) is 25.8 Å². The van der Waals surface area contributed by atoms with Gasteiger partial charge < -0.3 is 23.7 Å². The van der Waals surface area contributed by atoms with E-state index in [1.807, 2.05) is 19.9 Å². The molecule has 1 saturated heterocycles. The first-order valence-corrected chi connectivity index (χ1v) is 10.6. The number of carbonyl (C=O) groups excluding carboxylic acids is 2. The maximum atomic E-state index is 13.1. The zero-order valence-electron chi connectivity index (χ0n) is 17.1. The number of rotatable bonds is 7. The molecule has 1 fully saturated rings. The van der Waals surface area contributed by atoms with Crippen LogP contribution >= 0.6 is 11.8 Å². The molecule has 0 unspecified atom stereocenters. The van der Waals surface area contributed by atoms with E-state index < -0.39 is 6.04 Å². The summed E-state index contributed by atoms with van der Waals surface area (Å²) in [4.78, 5) is 29.3. The second-order valence-corrected chi connectivity index (χ2v) is 8.10. The third-order valence-electron chi connectivity index (χ3n) is 4.55. The SMILES string of the molecule is COc1cc(C(=O)N2CSC[C@@H]2C(=O)N(C)Cc2ccco2)ccc1OC(C)C. The summed E-state index contributed by atoms with van der Waals surface area (Å²) in [5, 5.41) is 0. The highest BCUT2D eigenvalue weighted by Crippen LogP contribution is 2.31. The molecule has 2 heterocycles. The Hall–Kier alpha value is -2.61. The minimum absolute atomic E-state index is 0.00728. The fraction of sp³-hybridized carbons (Fsp3) is 0.429. The molecule has 0 N–H and O–H groups in total. The number of nitrogens with zero attached hydrogens (tertiary/aromatic N) is 2. The Labute approximate surface area is 174 Å². The first kappa shape index (κ1) is 21.1. The maximum Gasteiger partial charge on any atom is 0.255 e. The van der Waals surface area contributed by atoms with Gasteiger partial charge in [0.2, 0.25) is 5.91 Å². The molecule has 29 heavy (non-hydrogen) atoms. The third-order valence-corrected chi connectivity index (χ3v) is 5.56. The van der Waals surface area contributed by atoms with E-state index in [2.05, 4.69) is 0 Å². The largest absolute Gasteiger partial charge is 0.493 e. The standard InChI is InChI=1S/C21H26N2O5S/c1-14(2)28-18-8-7-15(10-19(18)26-4)20(24)23-13-29-12-17(23)21(25)22(3)11-16-6-5-9-27-16/h5-10,14,17H,11-13H2,1-4H3/t17-/m1/s1. The molecular weight excluding hydrogens is 392 g/mol. The Bertz CT molecular complexity index is 853. The van der Waals surface area contributed by atoms with Crippen molar-refractivity contribution in [3.8, 4) is 11.5 Å². The summed E-state index contributed by atoms with van der Waals surface area (Å²) < 4.78 is 16.4. The highest BCUT2D eigenvalue weighted by Gasteiger charge is 2.37. The lowest BCUT2D eigenvalue weighted by molar-refractivity contribution is -0.134. The van der Waals surface area contributed by atoms with Gasteiger partial charge in [-0.05, 0) is 44.2 Å². The predicted molar refractivity (Wildman–Crippen MR) is 111 cm³/mol. The van der Waals surface area contributed by atoms with E-state index in [4.69, 9.17) is 13.9 Å². The van der Waals surface area contributed by atoms with Crippen LogP contribution in [0, 0.1) is 0 Å². The van der Waals surface area contributed by atoms with Gasteiger partial charge in [-0.3, -0.25) is 9.59 Å². The summed E-state index contributed by atoms with van der Waals surface area (Å²) in [5.74, 6) is 2.51. The molecule has 3 rings (SSSR count). The Morgan fingerprint density at radius 2 is 2.10 bits per heavy atom. The van der Waals surface area contributed by atoms with Crippen LogP contribution in [-0.4, -0.2) is 59.5 Å². The highest BCUT2D eigenvalue weighted by atomic mass is 32.2. The molecule has 7 nitrogen and oxygen atoms in total. The molecular formula is C21H26N2O5S. The minimum Gasteiger partial charge on any atom is -0.493 e. The lowest BCUT2D eigenvalue weighted by atomic mass is 10.1. The summed E-state index contributed by atoms with van der Waals surface area (Å²) in [6.07, 6.45) is 1.57. The van der Waals surface area contributed by atoms with Crippen molar-refractivity contribution in [1.82, 2.24) is 9.80 Å². The molecule has 2 aromatic rings. The first-order valence-electron chi connectivity index (χ1n) is 9.41. The van der Waals surface area contributed by atoms with Crippen molar-refractivity contribution in [2.45, 2.75) is 32.5 Å². The fourth-order valence-corrected chi connectivity index (χ4v) is 4.28. The highest BCUT2D eigenvalue weighted by molar-refractivity contribution is 7.99. The predicted octanol–water partition coefficient (Wildman–Crippen LogP) is 3.25. The van der Waals surface area contributed by atoms with Gasteiger partial charge in [0.1, 0.15) is 11.8 Å². The summed E-state index contributed by atoms with van der Waals surface area (Å²) >= 11 is 1.57. The van der Waals surface area contributed by atoms with Gasteiger partial charge in [0.15, 0.2) is 11.5 Å². The van der Waals surface area contributed by atoms with Crippen molar-refractivity contribution in [1.29, 1.82) is 0 Å². The Balaban J connectivity index is 1.74. The van der Waals surface area contributed by atoms with Crippen LogP contribution in [0.25, 0.3) is 0 Å². The van der Waals surface area contributed by atoms with E-state index in [0.717, 1.165) is 0 Å². The van der Waals surface area contributed by atoms with Gasteiger partial charge in [-0.1, -0.05) is 0 Å². The van der Waals surface area contributed by atoms with Gasteiger partial charge in [0, 0.05) is 18.4 Å². The van der Waals surface area contributed by atoms with Crippen LogP contribution in [0.4, 0.5) is 0 Å². The Morgan fingerprint density at radius 3 is 2.76 bits per heavy atom. The number of likely N-dealkylation sites (N-methyl/N-ethyl adjacent to an activating group) is 1. The number of furan rings is 1. The summed E-state index contributed by atoms with van der Waals surface area (Å²) in [7, 11) is 3.26. The summed E-state index contributed by atoms with van der Waals surface area (Å²) in [6.45, 7) is 4.22. The number of methoxy groups -OCH3 is 1. The Morgan fingerprint density at radius 1 is 1.31 bits per heavy atom. The average molecular weight is 419 g/mol. The Kier molecular flexibility index (Phi) is 6.74. The molecule has 1 aliphatic heterocycles. The molecule has 0 saturated carbocycles. The van der Waals surface area contributed by atoms with Crippen LogP contribution in [0.5, 0.6) is 11.5 Å². The molecule has 2 amide bonds. The van der Waals surface area contributed by atoms with Gasteiger partial charge in [-0.25, -0.2) is 0 Å². The van der Waals surface area contributed by atoms with Crippen LogP contribution in [-0.2, 0) is 11.3 Å². The normalized spacial score (nSPS) is 16.2. The van der Waals surface area contributed by atoms with Gasteiger partial charge in [0.05, 0.1) is 31.9 Å². The van der Waals surface area contributed by atoms with Crippen LogP contribution in [0.2, 0.25) is 0 Å². The number of benzene rings is 1. The number of hydrogen-bond donors (Lipinski definition) is 0. The van der Waals surface area contributed by atoms with Gasteiger partial charge >= 0.3 is 0 Å². The second kappa shape index (κ2) is 9.26. The average Bonchev–Trinajstić information content (AvgIpc) is 3.38. The molecule has 0 radical (unpaired) electrons. The molecule has 1 aromatic carbocycles. The maximum absolute atomic E-state index is 13.1. The van der Waals surface area contributed by atoms with Gasteiger partial charge in [-0.15, -0.1) is 11.8 Å². The third kappa shape index (κ3) is 4.87. The van der Waals surface area contributed by atoms with E-state index in [1.54, 1.807) is 66.2 Å². The summed E-state index contributed by atoms with van der Waals surface area (Å²) in [6, 6.07) is 8.20. The fourth-order valence-electron chi connectivity index (χ4n) is 3.13. The van der Waals surface area contributed by atoms with E-state index in [0.29, 0.717) is 41.0 Å². The molecule has 8 heteroatoms. The molecule has 156 valence electrons. The monoisotopic (exact) mass is 418 g/mol. The summed E-state index contributed by atoms with van der Waals surface area (Å²) in [5.41, 5.74) is 0.465. The zero-order chi connectivity index (χ0) is 21.0. The van der Waals surface area contributed by atoms with Crippen LogP contribution in [0.1, 0.15) is 30.0 Å². The number of amides is 2. The van der Waals surface area contributed by atoms with E-state index in [1.165, 1.54) is 0 Å². The lowest BCUT2D eigenvalue weighted by Gasteiger charge is -2.27. The van der Waals surface area contributed by atoms with Crippen molar-refractivity contribution < 1.29 is 23.5 Å². The van der Waals surface area contributed by atoms with Crippen molar-refractivity contribution in [2.24, 2.45) is 0 Å². The molecule has 1 aliphatic rings. The molecule has 1 atom stereocenters. The lowest BCUT2D eigenvalue weighted by Crippen LogP contribution is -2.47. The number of carbonyl (C=O) groups is 2. The topological polar surface area (TPSA) is 72.2 Å². The molecule has 0 bridgehead atoms. The van der Waals surface area contributed by atoms with Gasteiger partial charge in [-0.2, -0.15) is 0 Å². The second-order valence-electron chi connectivity index (χ2n) is 7.10. The van der Waals surface area contributed by atoms with Crippen LogP contribution < -0.4 is 9.47 Å². The smallest absolute Gasteiger partial charge is 0.255 e. The minimum atomic E-state index is -0.509. The van der Waals surface area contributed by atoms with E-state index >= 15 is 0 Å². The molecule has 0 spiro atoms. The van der Waals surface area contributed by atoms with E-state index in [9.17, 15) is 9.59 Å². The number of hydrogen-bond acceptors (Lipinski definition) is 6. The zero-order valence-corrected chi connectivity index (χ0v) is 17.9. The number of thioether (sulfide) groups is 1. The molecule has 0 aliphatic carbocycles. The van der Waals surface area contributed by atoms with Crippen LogP contribution in [0.3, 0.4) is 0 Å². The number of ether oxygens (including phenoxy) is 2. The van der Waals surface area contributed by atoms with Crippen LogP contribution in [0.15, 0.2) is 41.0 Å². The quantitative estimate of drug-likeness (QED) is 0.687. The van der Waals surface area contributed by atoms with Gasteiger partial charge in [0.25, 0.3) is 5.91 Å². The first-order chi connectivity index (χ1) is 13.9.